The molecule has 1 heterocycles. The van der Waals surface area contributed by atoms with Gasteiger partial charge < -0.3 is 9.84 Å². The van der Waals surface area contributed by atoms with E-state index in [9.17, 15) is 0 Å². The number of benzene rings is 1. The van der Waals surface area contributed by atoms with E-state index in [2.05, 4.69) is 16.7 Å². The van der Waals surface area contributed by atoms with Crippen molar-refractivity contribution in [2.75, 3.05) is 32.8 Å². The highest BCUT2D eigenvalue weighted by atomic mass is 16.5. The van der Waals surface area contributed by atoms with Gasteiger partial charge in [0, 0.05) is 18.5 Å². The second-order valence-electron chi connectivity index (χ2n) is 4.70. The van der Waals surface area contributed by atoms with Gasteiger partial charge in [-0.2, -0.15) is 0 Å². The first-order chi connectivity index (χ1) is 9.38. The van der Waals surface area contributed by atoms with Crippen LogP contribution in [0.4, 0.5) is 0 Å². The van der Waals surface area contributed by atoms with E-state index < -0.39 is 0 Å². The van der Waals surface area contributed by atoms with Crippen LogP contribution in [0.25, 0.3) is 0 Å². The van der Waals surface area contributed by atoms with Crippen molar-refractivity contribution in [2.24, 2.45) is 0 Å². The number of likely N-dealkylation sites (tertiary alicyclic amines) is 1. The molecule has 2 rings (SSSR count). The van der Waals surface area contributed by atoms with Gasteiger partial charge in [0.2, 0.25) is 0 Å². The fourth-order valence-electron chi connectivity index (χ4n) is 2.18. The molecule has 1 fully saturated rings. The zero-order chi connectivity index (χ0) is 13.3. The lowest BCUT2D eigenvalue weighted by atomic mass is 10.2. The Bertz CT molecular complexity index is 442. The summed E-state index contributed by atoms with van der Waals surface area (Å²) in [5, 5.41) is 8.69. The van der Waals surface area contributed by atoms with Crippen molar-refractivity contribution in [3.63, 3.8) is 0 Å². The Labute approximate surface area is 115 Å². The molecular formula is C16H21NO2. The molecule has 19 heavy (non-hydrogen) atoms. The van der Waals surface area contributed by atoms with Gasteiger partial charge in [-0.1, -0.05) is 17.9 Å². The summed E-state index contributed by atoms with van der Waals surface area (Å²) in [4.78, 5) is 2.44. The zero-order valence-electron chi connectivity index (χ0n) is 11.3. The van der Waals surface area contributed by atoms with Crippen LogP contribution in [0.5, 0.6) is 5.75 Å². The summed E-state index contributed by atoms with van der Waals surface area (Å²) >= 11 is 0. The van der Waals surface area contributed by atoms with Crippen LogP contribution in [0, 0.1) is 11.8 Å². The lowest BCUT2D eigenvalue weighted by Gasteiger charge is -2.14. The normalized spacial score (nSPS) is 15.0. The van der Waals surface area contributed by atoms with Crippen molar-refractivity contribution in [1.29, 1.82) is 0 Å². The lowest BCUT2D eigenvalue weighted by Crippen LogP contribution is -2.25. The summed E-state index contributed by atoms with van der Waals surface area (Å²) in [5.74, 6) is 6.80. The average molecular weight is 259 g/mol. The van der Waals surface area contributed by atoms with E-state index in [1.807, 2.05) is 24.3 Å². The maximum atomic E-state index is 8.69. The minimum atomic E-state index is 0.110. The quantitative estimate of drug-likeness (QED) is 0.820. The van der Waals surface area contributed by atoms with Gasteiger partial charge in [0.25, 0.3) is 0 Å². The first-order valence-corrected chi connectivity index (χ1v) is 6.93. The van der Waals surface area contributed by atoms with Gasteiger partial charge in [-0.3, -0.25) is 4.90 Å². The van der Waals surface area contributed by atoms with Crippen LogP contribution in [-0.2, 0) is 0 Å². The molecule has 3 heteroatoms. The highest BCUT2D eigenvalue weighted by Gasteiger charge is 2.10. The molecule has 0 atom stereocenters. The molecule has 0 amide bonds. The molecule has 0 radical (unpaired) electrons. The monoisotopic (exact) mass is 259 g/mol. The molecule has 0 unspecified atom stereocenters. The Kier molecular flexibility index (Phi) is 5.74. The Hall–Kier alpha value is -1.50. The number of hydrogen-bond acceptors (Lipinski definition) is 3. The molecule has 1 aromatic carbocycles. The molecular weight excluding hydrogens is 238 g/mol. The highest BCUT2D eigenvalue weighted by Crippen LogP contribution is 2.13. The molecule has 0 spiro atoms. The smallest absolute Gasteiger partial charge is 0.120 e. The molecule has 0 aromatic heterocycles. The largest absolute Gasteiger partial charge is 0.492 e. The summed E-state index contributed by atoms with van der Waals surface area (Å²) in [6.45, 7) is 4.25. The molecule has 3 nitrogen and oxygen atoms in total. The van der Waals surface area contributed by atoms with E-state index in [-0.39, 0.29) is 6.61 Å². The Balaban J connectivity index is 1.79. The van der Waals surface area contributed by atoms with Crippen molar-refractivity contribution in [2.45, 2.75) is 19.3 Å². The number of ether oxygens (including phenoxy) is 1. The van der Waals surface area contributed by atoms with E-state index in [4.69, 9.17) is 9.84 Å². The Morgan fingerprint density at radius 2 is 2.11 bits per heavy atom. The lowest BCUT2D eigenvalue weighted by molar-refractivity contribution is 0.238. The summed E-state index contributed by atoms with van der Waals surface area (Å²) in [6.07, 6.45) is 3.14. The van der Waals surface area contributed by atoms with Gasteiger partial charge >= 0.3 is 0 Å². The summed E-state index contributed by atoms with van der Waals surface area (Å²) in [7, 11) is 0. The first-order valence-electron chi connectivity index (χ1n) is 6.93. The van der Waals surface area contributed by atoms with Crippen molar-refractivity contribution < 1.29 is 9.84 Å². The van der Waals surface area contributed by atoms with Gasteiger partial charge in [-0.15, -0.1) is 0 Å². The zero-order valence-corrected chi connectivity index (χ0v) is 11.3. The number of rotatable bonds is 5. The van der Waals surface area contributed by atoms with Gasteiger partial charge in [0.1, 0.15) is 12.4 Å². The third-order valence-electron chi connectivity index (χ3n) is 3.18. The topological polar surface area (TPSA) is 32.7 Å². The fraction of sp³-hybridized carbons (Fsp3) is 0.500. The van der Waals surface area contributed by atoms with Crippen molar-refractivity contribution >= 4 is 0 Å². The van der Waals surface area contributed by atoms with Crippen molar-refractivity contribution in [3.05, 3.63) is 29.8 Å². The molecule has 0 aliphatic carbocycles. The fourth-order valence-corrected chi connectivity index (χ4v) is 2.18. The maximum Gasteiger partial charge on any atom is 0.120 e. The second-order valence-corrected chi connectivity index (χ2v) is 4.70. The van der Waals surface area contributed by atoms with Gasteiger partial charge in [0.05, 0.1) is 6.61 Å². The molecule has 1 N–H and O–H groups in total. The summed E-state index contributed by atoms with van der Waals surface area (Å²) in [6, 6.07) is 7.82. The van der Waals surface area contributed by atoms with E-state index in [1.165, 1.54) is 25.9 Å². The number of aliphatic hydroxyl groups excluding tert-OH is 1. The molecule has 1 aromatic rings. The van der Waals surface area contributed by atoms with Crippen LogP contribution in [-0.4, -0.2) is 42.9 Å². The number of nitrogens with zero attached hydrogens (tertiary/aromatic N) is 1. The van der Waals surface area contributed by atoms with Crippen LogP contribution in [0.3, 0.4) is 0 Å². The molecule has 0 bridgehead atoms. The number of aliphatic hydroxyl groups is 1. The Morgan fingerprint density at radius 3 is 2.89 bits per heavy atom. The molecule has 1 saturated heterocycles. The molecule has 102 valence electrons. The van der Waals surface area contributed by atoms with E-state index in [0.717, 1.165) is 24.5 Å². The number of hydrogen-bond donors (Lipinski definition) is 1. The third-order valence-corrected chi connectivity index (χ3v) is 3.18. The predicted molar refractivity (Wildman–Crippen MR) is 76.2 cm³/mol. The van der Waals surface area contributed by atoms with E-state index >= 15 is 0 Å². The van der Waals surface area contributed by atoms with Crippen LogP contribution in [0.1, 0.15) is 24.8 Å². The minimum Gasteiger partial charge on any atom is -0.492 e. The van der Waals surface area contributed by atoms with Gasteiger partial charge in [0.15, 0.2) is 0 Å². The molecule has 1 aliphatic rings. The predicted octanol–water partition coefficient (Wildman–Crippen LogP) is 1.90. The van der Waals surface area contributed by atoms with E-state index in [0.29, 0.717) is 6.42 Å². The second kappa shape index (κ2) is 7.83. The van der Waals surface area contributed by atoms with Crippen LogP contribution >= 0.6 is 0 Å². The first kappa shape index (κ1) is 13.9. The van der Waals surface area contributed by atoms with Crippen LogP contribution < -0.4 is 4.74 Å². The summed E-state index contributed by atoms with van der Waals surface area (Å²) in [5.41, 5.74) is 0.937. The minimum absolute atomic E-state index is 0.110. The maximum absolute atomic E-state index is 8.69. The Morgan fingerprint density at radius 1 is 1.26 bits per heavy atom. The van der Waals surface area contributed by atoms with Gasteiger partial charge in [-0.25, -0.2) is 0 Å². The van der Waals surface area contributed by atoms with Crippen LogP contribution in [0.2, 0.25) is 0 Å². The van der Waals surface area contributed by atoms with Crippen LogP contribution in [0.15, 0.2) is 24.3 Å². The van der Waals surface area contributed by atoms with E-state index in [1.54, 1.807) is 0 Å². The molecule has 0 saturated carbocycles. The van der Waals surface area contributed by atoms with Gasteiger partial charge in [-0.05, 0) is 44.1 Å². The van der Waals surface area contributed by atoms with Crippen molar-refractivity contribution in [3.8, 4) is 17.6 Å². The highest BCUT2D eigenvalue weighted by molar-refractivity contribution is 5.39. The third kappa shape index (κ3) is 4.94. The SMILES string of the molecule is OCCC#Cc1cccc(OCCN2CCCC2)c1. The van der Waals surface area contributed by atoms with Crippen molar-refractivity contribution in [1.82, 2.24) is 4.90 Å². The molecule has 1 aliphatic heterocycles. The standard InChI is InChI=1S/C16H21NO2/c18-12-4-1-6-15-7-5-8-16(14-15)19-13-11-17-9-2-3-10-17/h5,7-8,14,18H,2-4,9-13H2. The summed E-state index contributed by atoms with van der Waals surface area (Å²) < 4.78 is 5.76. The average Bonchev–Trinajstić information content (AvgIpc) is 2.93.